The monoisotopic (exact) mass is 401 g/mol. The van der Waals surface area contributed by atoms with Crippen molar-refractivity contribution in [3.05, 3.63) is 74.3 Å². The highest BCUT2D eigenvalue weighted by molar-refractivity contribution is 6.34. The lowest BCUT2D eigenvalue weighted by molar-refractivity contribution is -0.384. The SMILES string of the molecule is CC1CCCN(Cc2ccc(CNC(=O)c3ccc([N+](=O)[O-])cc3Cl)cc2)C1. The molecule has 7 heteroatoms. The van der Waals surface area contributed by atoms with Gasteiger partial charge in [0.1, 0.15) is 0 Å². The van der Waals surface area contributed by atoms with Crippen molar-refractivity contribution in [3.63, 3.8) is 0 Å². The zero-order valence-electron chi connectivity index (χ0n) is 15.9. The zero-order valence-corrected chi connectivity index (χ0v) is 16.6. The molecular weight excluding hydrogens is 378 g/mol. The second-order valence-corrected chi connectivity index (χ2v) is 7.81. The van der Waals surface area contributed by atoms with Gasteiger partial charge in [0.2, 0.25) is 0 Å². The van der Waals surface area contributed by atoms with Gasteiger partial charge in [-0.05, 0) is 42.5 Å². The summed E-state index contributed by atoms with van der Waals surface area (Å²) in [6.07, 6.45) is 2.57. The van der Waals surface area contributed by atoms with Crippen LogP contribution in [0.5, 0.6) is 0 Å². The average Bonchev–Trinajstić information content (AvgIpc) is 2.67. The third kappa shape index (κ3) is 5.30. The molecule has 1 heterocycles. The summed E-state index contributed by atoms with van der Waals surface area (Å²) in [5.74, 6) is 0.403. The molecule has 2 aromatic carbocycles. The minimum absolute atomic E-state index is 0.0674. The van der Waals surface area contributed by atoms with Crippen molar-refractivity contribution in [3.8, 4) is 0 Å². The molecule has 1 amide bonds. The maximum Gasteiger partial charge on any atom is 0.270 e. The van der Waals surface area contributed by atoms with Gasteiger partial charge in [-0.1, -0.05) is 42.8 Å². The van der Waals surface area contributed by atoms with Gasteiger partial charge in [0.15, 0.2) is 0 Å². The Morgan fingerprint density at radius 2 is 1.96 bits per heavy atom. The fraction of sp³-hybridized carbons (Fsp3) is 0.381. The van der Waals surface area contributed by atoms with Crippen LogP contribution < -0.4 is 5.32 Å². The summed E-state index contributed by atoms with van der Waals surface area (Å²) in [7, 11) is 0. The van der Waals surface area contributed by atoms with Crippen LogP contribution in [0.1, 0.15) is 41.3 Å². The van der Waals surface area contributed by atoms with E-state index in [2.05, 4.69) is 29.3 Å². The highest BCUT2D eigenvalue weighted by atomic mass is 35.5. The van der Waals surface area contributed by atoms with E-state index in [1.54, 1.807) is 0 Å². The number of nitro benzene ring substituents is 1. The maximum atomic E-state index is 12.3. The summed E-state index contributed by atoms with van der Waals surface area (Å²) in [6.45, 7) is 5.92. The van der Waals surface area contributed by atoms with Gasteiger partial charge in [-0.25, -0.2) is 0 Å². The third-order valence-corrected chi connectivity index (χ3v) is 5.34. The molecule has 0 bridgehead atoms. The van der Waals surface area contributed by atoms with Crippen molar-refractivity contribution in [1.82, 2.24) is 10.2 Å². The van der Waals surface area contributed by atoms with Crippen molar-refractivity contribution >= 4 is 23.2 Å². The number of nitro groups is 1. The number of carbonyl (C=O) groups is 1. The van der Waals surface area contributed by atoms with E-state index in [4.69, 9.17) is 11.6 Å². The number of piperidine rings is 1. The number of likely N-dealkylation sites (tertiary alicyclic amines) is 1. The van der Waals surface area contributed by atoms with Gasteiger partial charge < -0.3 is 5.32 Å². The Kier molecular flexibility index (Phi) is 6.65. The molecule has 1 N–H and O–H groups in total. The summed E-state index contributed by atoms with van der Waals surface area (Å²) in [5.41, 5.74) is 2.34. The number of carbonyl (C=O) groups excluding carboxylic acids is 1. The van der Waals surface area contributed by atoms with Crippen molar-refractivity contribution < 1.29 is 9.72 Å². The normalized spacial score (nSPS) is 17.3. The standard InChI is InChI=1S/C21H24ClN3O3/c1-15-3-2-10-24(13-15)14-17-6-4-16(5-7-17)12-23-21(26)19-9-8-18(25(27)28)11-20(19)22/h4-9,11,15H,2-3,10,12-14H2,1H3,(H,23,26). The topological polar surface area (TPSA) is 75.5 Å². The van der Waals surface area contributed by atoms with Gasteiger partial charge in [-0.15, -0.1) is 0 Å². The van der Waals surface area contributed by atoms with Gasteiger partial charge in [-0.2, -0.15) is 0 Å². The van der Waals surface area contributed by atoms with E-state index in [0.29, 0.717) is 6.54 Å². The highest BCUT2D eigenvalue weighted by Gasteiger charge is 2.17. The number of hydrogen-bond donors (Lipinski definition) is 1. The molecule has 148 valence electrons. The second-order valence-electron chi connectivity index (χ2n) is 7.40. The molecule has 1 fully saturated rings. The lowest BCUT2D eigenvalue weighted by Gasteiger charge is -2.30. The molecule has 3 rings (SSSR count). The molecule has 0 saturated carbocycles. The van der Waals surface area contributed by atoms with E-state index in [1.807, 2.05) is 12.1 Å². The predicted molar refractivity (Wildman–Crippen MR) is 109 cm³/mol. The second kappa shape index (κ2) is 9.17. The molecule has 28 heavy (non-hydrogen) atoms. The summed E-state index contributed by atoms with van der Waals surface area (Å²) < 4.78 is 0. The van der Waals surface area contributed by atoms with Crippen LogP contribution in [-0.2, 0) is 13.1 Å². The van der Waals surface area contributed by atoms with Crippen LogP contribution in [0, 0.1) is 16.0 Å². The number of amides is 1. The zero-order chi connectivity index (χ0) is 20.1. The molecular formula is C21H24ClN3O3. The van der Waals surface area contributed by atoms with Crippen LogP contribution in [0.25, 0.3) is 0 Å². The number of benzene rings is 2. The van der Waals surface area contributed by atoms with Gasteiger partial charge in [0, 0.05) is 31.8 Å². The first-order chi connectivity index (χ1) is 13.4. The summed E-state index contributed by atoms with van der Waals surface area (Å²) in [4.78, 5) is 25.0. The highest BCUT2D eigenvalue weighted by Crippen LogP contribution is 2.22. The van der Waals surface area contributed by atoms with E-state index in [9.17, 15) is 14.9 Å². The van der Waals surface area contributed by atoms with Crippen LogP contribution >= 0.6 is 11.6 Å². The minimum Gasteiger partial charge on any atom is -0.348 e. The molecule has 1 atom stereocenters. The number of halogens is 1. The van der Waals surface area contributed by atoms with E-state index in [-0.39, 0.29) is 22.2 Å². The Bertz CT molecular complexity index is 854. The lowest BCUT2D eigenvalue weighted by Crippen LogP contribution is -2.33. The molecule has 1 aliphatic rings. The Hall–Kier alpha value is -2.44. The van der Waals surface area contributed by atoms with Crippen LogP contribution in [0.3, 0.4) is 0 Å². The van der Waals surface area contributed by atoms with Crippen molar-refractivity contribution in [2.24, 2.45) is 5.92 Å². The molecule has 0 aliphatic carbocycles. The molecule has 1 saturated heterocycles. The van der Waals surface area contributed by atoms with Crippen LogP contribution in [0.4, 0.5) is 5.69 Å². The molecule has 1 aliphatic heterocycles. The van der Waals surface area contributed by atoms with Gasteiger partial charge in [0.25, 0.3) is 11.6 Å². The van der Waals surface area contributed by atoms with Gasteiger partial charge in [-0.3, -0.25) is 19.8 Å². The summed E-state index contributed by atoms with van der Waals surface area (Å²) in [6, 6.07) is 12.1. The van der Waals surface area contributed by atoms with Crippen molar-refractivity contribution in [1.29, 1.82) is 0 Å². The smallest absolute Gasteiger partial charge is 0.270 e. The maximum absolute atomic E-state index is 12.3. The van der Waals surface area contributed by atoms with Crippen molar-refractivity contribution in [2.75, 3.05) is 13.1 Å². The first-order valence-corrected chi connectivity index (χ1v) is 9.82. The fourth-order valence-corrected chi connectivity index (χ4v) is 3.79. The Morgan fingerprint density at radius 3 is 2.61 bits per heavy atom. The first kappa shape index (κ1) is 20.3. The summed E-state index contributed by atoms with van der Waals surface area (Å²) in [5, 5.41) is 13.6. The number of nitrogens with zero attached hydrogens (tertiary/aromatic N) is 2. The van der Waals surface area contributed by atoms with E-state index in [0.717, 1.165) is 31.1 Å². The molecule has 0 radical (unpaired) electrons. The molecule has 2 aromatic rings. The van der Waals surface area contributed by atoms with E-state index in [1.165, 1.54) is 36.6 Å². The predicted octanol–water partition coefficient (Wildman–Crippen LogP) is 4.41. The fourth-order valence-electron chi connectivity index (χ4n) is 3.53. The molecule has 1 unspecified atom stereocenters. The minimum atomic E-state index is -0.542. The van der Waals surface area contributed by atoms with Crippen molar-refractivity contribution in [2.45, 2.75) is 32.9 Å². The van der Waals surface area contributed by atoms with Crippen LogP contribution in [0.15, 0.2) is 42.5 Å². The van der Waals surface area contributed by atoms with Gasteiger partial charge >= 0.3 is 0 Å². The lowest BCUT2D eigenvalue weighted by atomic mass is 9.99. The number of non-ortho nitro benzene ring substituents is 1. The summed E-state index contributed by atoms with van der Waals surface area (Å²) >= 11 is 6.00. The third-order valence-electron chi connectivity index (χ3n) is 5.03. The van der Waals surface area contributed by atoms with Crippen LogP contribution in [-0.4, -0.2) is 28.8 Å². The van der Waals surface area contributed by atoms with E-state index >= 15 is 0 Å². The molecule has 0 aromatic heterocycles. The number of nitrogens with one attached hydrogen (secondary N) is 1. The Morgan fingerprint density at radius 1 is 1.25 bits per heavy atom. The molecule has 0 spiro atoms. The number of rotatable bonds is 6. The number of hydrogen-bond acceptors (Lipinski definition) is 4. The van der Waals surface area contributed by atoms with E-state index < -0.39 is 4.92 Å². The van der Waals surface area contributed by atoms with Gasteiger partial charge in [0.05, 0.1) is 15.5 Å². The van der Waals surface area contributed by atoms with Crippen LogP contribution in [0.2, 0.25) is 5.02 Å². The largest absolute Gasteiger partial charge is 0.348 e. The average molecular weight is 402 g/mol. The Balaban J connectivity index is 1.54. The molecule has 6 nitrogen and oxygen atoms in total. The Labute approximate surface area is 169 Å². The quantitative estimate of drug-likeness (QED) is 0.574. The first-order valence-electron chi connectivity index (χ1n) is 9.44.